The molecule has 0 aliphatic carbocycles. The Balaban J connectivity index is 1.40. The van der Waals surface area contributed by atoms with Gasteiger partial charge in [0.1, 0.15) is 9.75 Å². The van der Waals surface area contributed by atoms with Crippen molar-refractivity contribution in [1.82, 2.24) is 4.90 Å². The van der Waals surface area contributed by atoms with Gasteiger partial charge in [0.2, 0.25) is 0 Å². The zero-order valence-corrected chi connectivity index (χ0v) is 29.5. The largest absolute Gasteiger partial charge is 0.477 e. The van der Waals surface area contributed by atoms with Crippen molar-refractivity contribution in [2.45, 2.75) is 31.7 Å². The van der Waals surface area contributed by atoms with Gasteiger partial charge in [-0.3, -0.25) is 9.10 Å². The number of halogens is 1. The normalized spacial score (nSPS) is 14.4. The third kappa shape index (κ3) is 5.94. The van der Waals surface area contributed by atoms with Crippen molar-refractivity contribution < 1.29 is 23.1 Å². The van der Waals surface area contributed by atoms with E-state index in [0.29, 0.717) is 47.7 Å². The first-order valence-corrected chi connectivity index (χ1v) is 18.6. The number of carboxylic acids is 1. The molecule has 0 bridgehead atoms. The molecule has 1 aliphatic rings. The van der Waals surface area contributed by atoms with E-state index >= 15 is 0 Å². The Morgan fingerprint density at radius 1 is 0.935 bits per heavy atom. The van der Waals surface area contributed by atoms with Crippen molar-refractivity contribution in [3.05, 3.63) is 109 Å². The van der Waals surface area contributed by atoms with Crippen molar-refractivity contribution in [2.75, 3.05) is 35.4 Å². The summed E-state index contributed by atoms with van der Waals surface area (Å²) in [5.41, 5.74) is 3.74. The van der Waals surface area contributed by atoms with Crippen LogP contribution >= 0.6 is 38.6 Å². The highest BCUT2D eigenvalue weighted by molar-refractivity contribution is 9.10. The second-order valence-electron chi connectivity index (χ2n) is 11.3. The third-order valence-corrected chi connectivity index (χ3v) is 13.4. The summed E-state index contributed by atoms with van der Waals surface area (Å²) in [6, 6.07) is 21.5. The zero-order chi connectivity index (χ0) is 32.7. The molecule has 1 unspecified atom stereocenters. The van der Waals surface area contributed by atoms with Crippen molar-refractivity contribution in [3.63, 3.8) is 0 Å². The van der Waals surface area contributed by atoms with E-state index in [0.717, 1.165) is 37.3 Å². The molecule has 1 N–H and O–H groups in total. The van der Waals surface area contributed by atoms with Crippen LogP contribution in [-0.2, 0) is 10.0 Å². The lowest BCUT2D eigenvalue weighted by Crippen LogP contribution is -2.49. The van der Waals surface area contributed by atoms with Gasteiger partial charge in [-0.05, 0) is 95.0 Å². The Hall–Kier alpha value is -3.71. The fourth-order valence-corrected chi connectivity index (χ4v) is 10.1. The number of anilines is 2. The lowest BCUT2D eigenvalue weighted by Gasteiger charge is -2.39. The topological polar surface area (TPSA) is 98.2 Å². The average Bonchev–Trinajstić information content (AvgIpc) is 3.63. The third-order valence-electron chi connectivity index (χ3n) is 8.41. The predicted octanol–water partition coefficient (Wildman–Crippen LogP) is 7.96. The number of nitrogens with zero attached hydrogens (tertiary/aromatic N) is 3. The van der Waals surface area contributed by atoms with E-state index in [-0.39, 0.29) is 15.7 Å². The number of hydrogen-bond donors (Lipinski definition) is 1. The number of carboxylic acid groups (broad SMARTS) is 1. The number of carbonyl (C=O) groups excluding carboxylic acids is 1. The van der Waals surface area contributed by atoms with Crippen LogP contribution in [0.1, 0.15) is 49.0 Å². The average molecular weight is 739 g/mol. The number of amides is 1. The van der Waals surface area contributed by atoms with Gasteiger partial charge in [0, 0.05) is 35.4 Å². The van der Waals surface area contributed by atoms with Crippen LogP contribution < -0.4 is 9.21 Å². The summed E-state index contributed by atoms with van der Waals surface area (Å²) in [6.45, 7) is 7.65. The van der Waals surface area contributed by atoms with Gasteiger partial charge < -0.3 is 14.9 Å². The Bertz CT molecular complexity index is 2050. The van der Waals surface area contributed by atoms with Gasteiger partial charge in [-0.15, -0.1) is 22.7 Å². The number of fused-ring (bicyclic) bond motifs is 1. The van der Waals surface area contributed by atoms with Crippen LogP contribution in [0.2, 0.25) is 0 Å². The van der Waals surface area contributed by atoms with E-state index in [1.165, 1.54) is 15.6 Å². The number of rotatable bonds is 8. The fourth-order valence-electron chi connectivity index (χ4n) is 5.86. The Labute approximate surface area is 284 Å². The Morgan fingerprint density at radius 2 is 1.63 bits per heavy atom. The number of aryl methyl sites for hydroxylation is 2. The van der Waals surface area contributed by atoms with Gasteiger partial charge in [-0.1, -0.05) is 42.0 Å². The maximum absolute atomic E-state index is 14.8. The second-order valence-corrected chi connectivity index (χ2v) is 15.9. The number of aromatic carboxylic acids is 1. The maximum atomic E-state index is 14.8. The van der Waals surface area contributed by atoms with Crippen LogP contribution in [0.15, 0.2) is 87.5 Å². The number of carbonyl (C=O) groups is 2. The molecule has 1 fully saturated rings. The van der Waals surface area contributed by atoms with Crippen LogP contribution in [0, 0.1) is 13.8 Å². The molecule has 1 aliphatic heterocycles. The van der Waals surface area contributed by atoms with Crippen LogP contribution in [-0.4, -0.2) is 56.5 Å². The van der Waals surface area contributed by atoms with E-state index in [1.807, 2.05) is 78.7 Å². The first kappa shape index (κ1) is 32.2. The van der Waals surface area contributed by atoms with E-state index < -0.39 is 22.0 Å². The molecule has 6 rings (SSSR count). The van der Waals surface area contributed by atoms with Crippen molar-refractivity contribution in [2.24, 2.45) is 0 Å². The van der Waals surface area contributed by atoms with E-state index in [1.54, 1.807) is 25.1 Å². The lowest BCUT2D eigenvalue weighted by atomic mass is 10.1. The minimum Gasteiger partial charge on any atom is -0.477 e. The smallest absolute Gasteiger partial charge is 0.346 e. The van der Waals surface area contributed by atoms with Crippen LogP contribution in [0.4, 0.5) is 11.4 Å². The van der Waals surface area contributed by atoms with Gasteiger partial charge in [0.15, 0.2) is 0 Å². The van der Waals surface area contributed by atoms with Crippen LogP contribution in [0.3, 0.4) is 0 Å². The first-order chi connectivity index (χ1) is 22.0. The standard InChI is InChI=1S/C34H32BrN3O5S3/c1-21-8-10-24(11-9-21)23(3)38(46(42,43)25-12-13-30-26(20-25)22(2)31(45-30)34(40)41)29-7-5-4-6-28(29)36-15-17-37(18-16-36)33(39)32-27(35)14-19-44-32/h4-14,19-20,23H,15-18H2,1-3H3,(H,40,41). The summed E-state index contributed by atoms with van der Waals surface area (Å²) >= 11 is 6.02. The van der Waals surface area contributed by atoms with Gasteiger partial charge >= 0.3 is 5.97 Å². The molecule has 238 valence electrons. The van der Waals surface area contributed by atoms with Crippen LogP contribution in [0.25, 0.3) is 10.1 Å². The summed E-state index contributed by atoms with van der Waals surface area (Å²) in [6.07, 6.45) is 0. The molecule has 12 heteroatoms. The highest BCUT2D eigenvalue weighted by atomic mass is 79.9. The number of benzene rings is 3. The summed E-state index contributed by atoms with van der Waals surface area (Å²) in [5.74, 6) is -1.05. The Kier molecular flexibility index (Phi) is 8.99. The summed E-state index contributed by atoms with van der Waals surface area (Å²) < 4.78 is 32.6. The van der Waals surface area contributed by atoms with Crippen molar-refractivity contribution in [1.29, 1.82) is 0 Å². The summed E-state index contributed by atoms with van der Waals surface area (Å²) in [7, 11) is -4.16. The molecule has 8 nitrogen and oxygen atoms in total. The maximum Gasteiger partial charge on any atom is 0.346 e. The molecule has 5 aromatic rings. The molecule has 0 spiro atoms. The fraction of sp³-hybridized carbons (Fsp3) is 0.235. The van der Waals surface area contributed by atoms with Gasteiger partial charge in [0.25, 0.3) is 15.9 Å². The highest BCUT2D eigenvalue weighted by Gasteiger charge is 2.34. The zero-order valence-electron chi connectivity index (χ0n) is 25.4. The number of sulfonamides is 1. The monoisotopic (exact) mass is 737 g/mol. The molecule has 46 heavy (non-hydrogen) atoms. The molecule has 3 heterocycles. The molecule has 3 aromatic carbocycles. The number of piperazine rings is 1. The molecule has 1 amide bonds. The van der Waals surface area contributed by atoms with Gasteiger partial charge in [-0.25, -0.2) is 13.2 Å². The Morgan fingerprint density at radius 3 is 2.28 bits per heavy atom. The molecule has 0 radical (unpaired) electrons. The highest BCUT2D eigenvalue weighted by Crippen LogP contribution is 2.41. The minimum absolute atomic E-state index is 0.0165. The number of para-hydroxylation sites is 2. The number of thiophene rings is 2. The molecule has 0 saturated carbocycles. The summed E-state index contributed by atoms with van der Waals surface area (Å²) in [5, 5.41) is 12.2. The molecule has 1 atom stereocenters. The van der Waals surface area contributed by atoms with Gasteiger partial charge in [-0.2, -0.15) is 0 Å². The first-order valence-electron chi connectivity index (χ1n) is 14.7. The van der Waals surface area contributed by atoms with Crippen molar-refractivity contribution >= 4 is 82.0 Å². The molecule has 1 saturated heterocycles. The molecular weight excluding hydrogens is 706 g/mol. The van der Waals surface area contributed by atoms with Crippen LogP contribution in [0.5, 0.6) is 0 Å². The lowest BCUT2D eigenvalue weighted by molar-refractivity contribution is 0.0700. The number of hydrogen-bond acceptors (Lipinski definition) is 7. The molecule has 2 aromatic heterocycles. The predicted molar refractivity (Wildman–Crippen MR) is 189 cm³/mol. The van der Waals surface area contributed by atoms with E-state index in [9.17, 15) is 23.1 Å². The van der Waals surface area contributed by atoms with E-state index in [4.69, 9.17) is 0 Å². The quantitative estimate of drug-likeness (QED) is 0.174. The summed E-state index contributed by atoms with van der Waals surface area (Å²) in [4.78, 5) is 29.9. The minimum atomic E-state index is -4.16. The van der Waals surface area contributed by atoms with Crippen molar-refractivity contribution in [3.8, 4) is 0 Å². The SMILES string of the molecule is Cc1ccc(C(C)N(c2ccccc2N2CCN(C(=O)c3sccc3Br)CC2)S(=O)(=O)c2ccc3sc(C(=O)O)c(C)c3c2)cc1. The second kappa shape index (κ2) is 12.8. The van der Waals surface area contributed by atoms with E-state index in [2.05, 4.69) is 20.8 Å². The molecular formula is C34H32BrN3O5S3. The van der Waals surface area contributed by atoms with Gasteiger partial charge in [0.05, 0.1) is 22.3 Å².